The van der Waals surface area contributed by atoms with Crippen molar-refractivity contribution in [2.45, 2.75) is 13.8 Å². The number of ether oxygens (including phenoxy) is 1. The molecule has 0 spiro atoms. The molecule has 3 heterocycles. The topological polar surface area (TPSA) is 113 Å². The van der Waals surface area contributed by atoms with Gasteiger partial charge in [-0.05, 0) is 55.3 Å². The Hall–Kier alpha value is -4.69. The number of carbonyl (C=O) groups excluding carboxylic acids is 2. The Balaban J connectivity index is 1.46. The number of nitrogens with one attached hydrogen (secondary N) is 2. The van der Waals surface area contributed by atoms with Crippen molar-refractivity contribution in [2.75, 3.05) is 36.5 Å². The number of benzene rings is 3. The van der Waals surface area contributed by atoms with Crippen LogP contribution < -0.4 is 16.0 Å². The number of primary amides is 1. The maximum Gasteiger partial charge on any atom is 0.269 e. The Labute approximate surface area is 225 Å². The molecule has 5 aromatic rings. The van der Waals surface area contributed by atoms with Crippen LogP contribution in [0.1, 0.15) is 32.0 Å². The molecule has 0 atom stereocenters. The molecule has 8 nitrogen and oxygen atoms in total. The average Bonchev–Trinajstić information content (AvgIpc) is 3.33. The number of rotatable bonds is 5. The van der Waals surface area contributed by atoms with Gasteiger partial charge < -0.3 is 25.7 Å². The van der Waals surface area contributed by atoms with Crippen molar-refractivity contribution >= 4 is 45.0 Å². The zero-order chi connectivity index (χ0) is 27.1. The SMILES string of the molecule is Cc1ccc(C(=O)Nc2cccc(-c3cnc(C(N)=O)c4[nH]c5cc(N6CCOCC6)ccc5c34)c2C)cc1. The fourth-order valence-electron chi connectivity index (χ4n) is 5.27. The van der Waals surface area contributed by atoms with E-state index in [0.717, 1.165) is 57.3 Å². The minimum Gasteiger partial charge on any atom is -0.378 e. The molecule has 1 fully saturated rings. The summed E-state index contributed by atoms with van der Waals surface area (Å²) >= 11 is 0. The van der Waals surface area contributed by atoms with Crippen molar-refractivity contribution in [1.82, 2.24) is 9.97 Å². The standard InChI is InChI=1S/C31H29N5O3/c1-18-6-8-20(9-7-18)31(38)35-25-5-3-4-22(19(25)2)24-17-33-29(30(32)37)28-27(24)23-11-10-21(16-26(23)34-28)36-12-14-39-15-13-36/h3-11,16-17,34H,12-15H2,1-2H3,(H2,32,37)(H,35,38). The first-order chi connectivity index (χ1) is 18.9. The first-order valence-corrected chi connectivity index (χ1v) is 13.0. The van der Waals surface area contributed by atoms with Gasteiger partial charge in [-0.15, -0.1) is 0 Å². The molecule has 1 aliphatic rings. The van der Waals surface area contributed by atoms with E-state index in [1.54, 1.807) is 6.20 Å². The van der Waals surface area contributed by atoms with E-state index in [1.807, 2.05) is 56.3 Å². The number of fused-ring (bicyclic) bond motifs is 3. The summed E-state index contributed by atoms with van der Waals surface area (Å²) in [6.45, 7) is 7.00. The van der Waals surface area contributed by atoms with Crippen molar-refractivity contribution in [1.29, 1.82) is 0 Å². The number of aromatic nitrogens is 2. The van der Waals surface area contributed by atoms with Crippen LogP contribution in [-0.4, -0.2) is 48.1 Å². The lowest BCUT2D eigenvalue weighted by atomic mass is 9.95. The summed E-state index contributed by atoms with van der Waals surface area (Å²) < 4.78 is 5.50. The number of H-pyrrole nitrogens is 1. The first-order valence-electron chi connectivity index (χ1n) is 13.0. The molecule has 0 aliphatic carbocycles. The molecule has 2 aromatic heterocycles. The van der Waals surface area contributed by atoms with Gasteiger partial charge in [0.25, 0.3) is 11.8 Å². The summed E-state index contributed by atoms with van der Waals surface area (Å²) in [7, 11) is 0. The molecule has 0 unspecified atom stereocenters. The molecule has 1 saturated heterocycles. The van der Waals surface area contributed by atoms with Gasteiger partial charge >= 0.3 is 0 Å². The molecule has 39 heavy (non-hydrogen) atoms. The van der Waals surface area contributed by atoms with Gasteiger partial charge in [-0.2, -0.15) is 0 Å². The zero-order valence-corrected chi connectivity index (χ0v) is 21.9. The fraction of sp³-hybridized carbons (Fsp3) is 0.194. The van der Waals surface area contributed by atoms with E-state index in [2.05, 4.69) is 38.4 Å². The van der Waals surface area contributed by atoms with E-state index >= 15 is 0 Å². The van der Waals surface area contributed by atoms with Crippen LogP contribution in [0, 0.1) is 13.8 Å². The molecule has 0 bridgehead atoms. The zero-order valence-electron chi connectivity index (χ0n) is 21.9. The number of amides is 2. The molecule has 4 N–H and O–H groups in total. The van der Waals surface area contributed by atoms with Gasteiger partial charge in [0.05, 0.1) is 18.7 Å². The number of pyridine rings is 1. The maximum absolute atomic E-state index is 13.0. The third-order valence-electron chi connectivity index (χ3n) is 7.41. The van der Waals surface area contributed by atoms with E-state index in [4.69, 9.17) is 10.5 Å². The van der Waals surface area contributed by atoms with Crippen LogP contribution in [0.2, 0.25) is 0 Å². The van der Waals surface area contributed by atoms with E-state index in [1.165, 1.54) is 0 Å². The summed E-state index contributed by atoms with van der Waals surface area (Å²) in [6.07, 6.45) is 1.69. The minimum absolute atomic E-state index is 0.176. The molecular formula is C31H29N5O3. The molecule has 1 aliphatic heterocycles. The van der Waals surface area contributed by atoms with Gasteiger partial charge in [0.2, 0.25) is 0 Å². The van der Waals surface area contributed by atoms with Crippen LogP contribution in [-0.2, 0) is 4.74 Å². The minimum atomic E-state index is -0.595. The van der Waals surface area contributed by atoms with Gasteiger partial charge in [0.1, 0.15) is 0 Å². The Morgan fingerprint density at radius 2 is 1.77 bits per heavy atom. The fourth-order valence-corrected chi connectivity index (χ4v) is 5.27. The summed E-state index contributed by atoms with van der Waals surface area (Å²) in [5, 5.41) is 4.89. The second kappa shape index (κ2) is 9.89. The normalized spacial score (nSPS) is 13.6. The summed E-state index contributed by atoms with van der Waals surface area (Å²) in [6, 6.07) is 19.5. The first kappa shape index (κ1) is 24.6. The van der Waals surface area contributed by atoms with Crippen LogP contribution in [0.4, 0.5) is 11.4 Å². The second-order valence-corrected chi connectivity index (χ2v) is 9.89. The molecular weight excluding hydrogens is 490 g/mol. The van der Waals surface area contributed by atoms with Gasteiger partial charge in [-0.25, -0.2) is 4.98 Å². The summed E-state index contributed by atoms with van der Waals surface area (Å²) in [4.78, 5) is 35.4. The Kier molecular flexibility index (Phi) is 6.24. The van der Waals surface area contributed by atoms with E-state index in [9.17, 15) is 9.59 Å². The van der Waals surface area contributed by atoms with Crippen molar-refractivity contribution in [3.63, 3.8) is 0 Å². The molecule has 0 saturated carbocycles. The van der Waals surface area contributed by atoms with Crippen LogP contribution >= 0.6 is 0 Å². The van der Waals surface area contributed by atoms with Crippen molar-refractivity contribution < 1.29 is 14.3 Å². The summed E-state index contributed by atoms with van der Waals surface area (Å²) in [5.41, 5.74) is 13.5. The van der Waals surface area contributed by atoms with Crippen LogP contribution in [0.3, 0.4) is 0 Å². The molecule has 2 amide bonds. The largest absolute Gasteiger partial charge is 0.378 e. The van der Waals surface area contributed by atoms with Crippen molar-refractivity contribution in [3.05, 3.63) is 89.2 Å². The molecule has 6 rings (SSSR count). The maximum atomic E-state index is 13.0. The van der Waals surface area contributed by atoms with Crippen molar-refractivity contribution in [2.24, 2.45) is 5.73 Å². The number of nitrogens with zero attached hydrogens (tertiary/aromatic N) is 2. The Morgan fingerprint density at radius 3 is 2.51 bits per heavy atom. The Morgan fingerprint density at radius 1 is 1.00 bits per heavy atom. The van der Waals surface area contributed by atoms with Crippen LogP contribution in [0.15, 0.2) is 66.9 Å². The number of aryl methyl sites for hydroxylation is 1. The highest BCUT2D eigenvalue weighted by Gasteiger charge is 2.21. The quantitative estimate of drug-likeness (QED) is 0.296. The molecule has 3 aromatic carbocycles. The highest BCUT2D eigenvalue weighted by atomic mass is 16.5. The highest BCUT2D eigenvalue weighted by Crippen LogP contribution is 2.39. The number of carbonyl (C=O) groups is 2. The smallest absolute Gasteiger partial charge is 0.269 e. The second-order valence-electron chi connectivity index (χ2n) is 9.89. The molecule has 8 heteroatoms. The van der Waals surface area contributed by atoms with Crippen LogP contribution in [0.25, 0.3) is 32.9 Å². The lowest BCUT2D eigenvalue weighted by Crippen LogP contribution is -2.36. The Bertz CT molecular complexity index is 1730. The van der Waals surface area contributed by atoms with Crippen LogP contribution in [0.5, 0.6) is 0 Å². The van der Waals surface area contributed by atoms with Gasteiger partial charge in [-0.1, -0.05) is 35.9 Å². The summed E-state index contributed by atoms with van der Waals surface area (Å²) in [5.74, 6) is -0.771. The van der Waals surface area contributed by atoms with Gasteiger partial charge in [0, 0.05) is 58.1 Å². The number of morpholine rings is 1. The predicted octanol–water partition coefficient (Wildman–Crippen LogP) is 5.19. The highest BCUT2D eigenvalue weighted by molar-refractivity contribution is 6.19. The predicted molar refractivity (Wildman–Crippen MR) is 154 cm³/mol. The average molecular weight is 520 g/mol. The third-order valence-corrected chi connectivity index (χ3v) is 7.41. The van der Waals surface area contributed by atoms with Gasteiger partial charge in [-0.3, -0.25) is 9.59 Å². The number of hydrogen-bond donors (Lipinski definition) is 3. The van der Waals surface area contributed by atoms with E-state index in [0.29, 0.717) is 30.0 Å². The number of nitrogens with two attached hydrogens (primary N) is 1. The molecule has 196 valence electrons. The number of aromatic amines is 1. The lowest BCUT2D eigenvalue weighted by molar-refractivity contribution is 0.0994. The number of hydrogen-bond acceptors (Lipinski definition) is 5. The van der Waals surface area contributed by atoms with E-state index in [-0.39, 0.29) is 11.6 Å². The number of anilines is 2. The molecule has 0 radical (unpaired) electrons. The third kappa shape index (κ3) is 4.49. The van der Waals surface area contributed by atoms with E-state index < -0.39 is 5.91 Å². The monoisotopic (exact) mass is 519 g/mol. The lowest BCUT2D eigenvalue weighted by Gasteiger charge is -2.28. The van der Waals surface area contributed by atoms with Gasteiger partial charge in [0.15, 0.2) is 5.69 Å². The van der Waals surface area contributed by atoms with Crippen molar-refractivity contribution in [3.8, 4) is 11.1 Å².